The molecule has 1 fully saturated rings. The van der Waals surface area contributed by atoms with Gasteiger partial charge in [-0.15, -0.1) is 0 Å². The zero-order valence-corrected chi connectivity index (χ0v) is 10.7. The van der Waals surface area contributed by atoms with Gasteiger partial charge in [-0.2, -0.15) is 0 Å². The van der Waals surface area contributed by atoms with E-state index in [-0.39, 0.29) is 12.2 Å². The van der Waals surface area contributed by atoms with Crippen LogP contribution in [0.15, 0.2) is 30.5 Å². The quantitative estimate of drug-likeness (QED) is 0.872. The molecule has 102 valence electrons. The summed E-state index contributed by atoms with van der Waals surface area (Å²) in [7, 11) is 0. The number of carboxylic acid groups (broad SMARTS) is 1. The van der Waals surface area contributed by atoms with E-state index in [4.69, 9.17) is 5.11 Å². The molecule has 1 aromatic heterocycles. The van der Waals surface area contributed by atoms with Crippen molar-refractivity contribution in [3.8, 4) is 0 Å². The monoisotopic (exact) mass is 271 g/mol. The Balaban J connectivity index is 1.74. The minimum Gasteiger partial charge on any atom is -0.481 e. The van der Waals surface area contributed by atoms with Crippen molar-refractivity contribution < 1.29 is 14.7 Å². The highest BCUT2D eigenvalue weighted by atomic mass is 16.4. The van der Waals surface area contributed by atoms with Crippen LogP contribution < -0.4 is 5.32 Å². The molecule has 0 saturated heterocycles. The highest BCUT2D eigenvalue weighted by molar-refractivity contribution is 5.94. The van der Waals surface area contributed by atoms with Crippen LogP contribution in [0.25, 0.3) is 11.0 Å². The first kappa shape index (κ1) is 12.5. The van der Waals surface area contributed by atoms with Gasteiger partial charge in [0.15, 0.2) is 0 Å². The molecule has 6 heteroatoms. The highest BCUT2D eigenvalue weighted by Crippen LogP contribution is 2.45. The summed E-state index contributed by atoms with van der Waals surface area (Å²) in [6, 6.07) is 7.26. The summed E-state index contributed by atoms with van der Waals surface area (Å²) in [5, 5.41) is 11.7. The van der Waals surface area contributed by atoms with E-state index in [0.717, 1.165) is 0 Å². The second-order valence-corrected chi connectivity index (χ2v) is 5.01. The van der Waals surface area contributed by atoms with Crippen molar-refractivity contribution in [3.05, 3.63) is 36.2 Å². The predicted molar refractivity (Wildman–Crippen MR) is 71.2 cm³/mol. The summed E-state index contributed by atoms with van der Waals surface area (Å²) < 4.78 is 0. The van der Waals surface area contributed by atoms with Crippen LogP contribution in [0.5, 0.6) is 0 Å². The van der Waals surface area contributed by atoms with Gasteiger partial charge in [-0.05, 0) is 25.0 Å². The van der Waals surface area contributed by atoms with E-state index in [1.165, 1.54) is 6.20 Å². The van der Waals surface area contributed by atoms with E-state index in [9.17, 15) is 9.59 Å². The molecule has 1 heterocycles. The molecule has 0 bridgehead atoms. The molecule has 1 amide bonds. The van der Waals surface area contributed by atoms with Crippen molar-refractivity contribution in [2.24, 2.45) is 5.41 Å². The van der Waals surface area contributed by atoms with E-state index in [0.29, 0.717) is 23.9 Å². The maximum Gasteiger partial charge on any atom is 0.311 e. The van der Waals surface area contributed by atoms with Gasteiger partial charge in [0.05, 0.1) is 22.6 Å². The number of hydrogen-bond acceptors (Lipinski definition) is 4. The lowest BCUT2D eigenvalue weighted by Crippen LogP contribution is -2.34. The second kappa shape index (κ2) is 4.56. The fourth-order valence-electron chi connectivity index (χ4n) is 2.02. The second-order valence-electron chi connectivity index (χ2n) is 5.01. The topological polar surface area (TPSA) is 92.2 Å². The van der Waals surface area contributed by atoms with Crippen molar-refractivity contribution in [2.45, 2.75) is 12.8 Å². The Kier molecular flexibility index (Phi) is 2.85. The minimum absolute atomic E-state index is 0.135. The van der Waals surface area contributed by atoms with E-state index >= 15 is 0 Å². The average molecular weight is 271 g/mol. The summed E-state index contributed by atoms with van der Waals surface area (Å²) in [6.07, 6.45) is 2.61. The fraction of sp³-hybridized carbons (Fsp3) is 0.286. The number of rotatable bonds is 4. The number of nitrogens with one attached hydrogen (secondary N) is 1. The van der Waals surface area contributed by atoms with Gasteiger partial charge >= 0.3 is 5.97 Å². The number of fused-ring (bicyclic) bond motifs is 1. The number of carbonyl (C=O) groups excluding carboxylic acids is 1. The lowest BCUT2D eigenvalue weighted by atomic mass is 10.1. The Bertz CT molecular complexity index is 695. The number of benzene rings is 1. The largest absolute Gasteiger partial charge is 0.481 e. The standard InChI is InChI=1S/C14H13N3O3/c18-12(16-8-14(5-6-14)13(19)20)11-7-15-9-3-1-2-4-10(9)17-11/h1-4,7H,5-6,8H2,(H,16,18)(H,19,20). The molecular weight excluding hydrogens is 258 g/mol. The number of aromatic nitrogens is 2. The van der Waals surface area contributed by atoms with E-state index in [2.05, 4.69) is 15.3 Å². The Hall–Kier alpha value is -2.50. The van der Waals surface area contributed by atoms with Gasteiger partial charge in [-0.25, -0.2) is 4.98 Å². The van der Waals surface area contributed by atoms with Crippen molar-refractivity contribution in [2.75, 3.05) is 6.54 Å². The zero-order valence-electron chi connectivity index (χ0n) is 10.7. The summed E-state index contributed by atoms with van der Waals surface area (Å²) in [4.78, 5) is 31.4. The summed E-state index contributed by atoms with van der Waals surface area (Å²) in [5.41, 5.74) is 0.776. The molecule has 6 nitrogen and oxygen atoms in total. The number of carboxylic acids is 1. The van der Waals surface area contributed by atoms with Crippen molar-refractivity contribution in [1.82, 2.24) is 15.3 Å². The number of amides is 1. The van der Waals surface area contributed by atoms with Crippen LogP contribution >= 0.6 is 0 Å². The van der Waals surface area contributed by atoms with Crippen LogP contribution in [0.4, 0.5) is 0 Å². The van der Waals surface area contributed by atoms with E-state index in [1.54, 1.807) is 6.07 Å². The normalized spacial score (nSPS) is 15.8. The summed E-state index contributed by atoms with van der Waals surface area (Å²) in [6.45, 7) is 0.135. The molecule has 0 atom stereocenters. The molecule has 0 aliphatic heterocycles. The first-order chi connectivity index (χ1) is 9.61. The van der Waals surface area contributed by atoms with Crippen LogP contribution in [0.1, 0.15) is 23.3 Å². The summed E-state index contributed by atoms with van der Waals surface area (Å²) in [5.74, 6) is -1.25. The van der Waals surface area contributed by atoms with Crippen molar-refractivity contribution in [1.29, 1.82) is 0 Å². The Morgan fingerprint density at radius 1 is 1.25 bits per heavy atom. The number of para-hydroxylation sites is 2. The van der Waals surface area contributed by atoms with Gasteiger partial charge in [-0.3, -0.25) is 14.6 Å². The lowest BCUT2D eigenvalue weighted by Gasteiger charge is -2.10. The van der Waals surface area contributed by atoms with Gasteiger partial charge in [-0.1, -0.05) is 12.1 Å². The van der Waals surface area contributed by atoms with E-state index < -0.39 is 17.3 Å². The molecule has 0 spiro atoms. The number of nitrogens with zero attached hydrogens (tertiary/aromatic N) is 2. The van der Waals surface area contributed by atoms with Crippen LogP contribution in [-0.2, 0) is 4.79 Å². The molecule has 1 aliphatic carbocycles. The van der Waals surface area contributed by atoms with Gasteiger partial charge in [0, 0.05) is 6.54 Å². The SMILES string of the molecule is O=C(NCC1(C(=O)O)CC1)c1cnc2ccccc2n1. The first-order valence-electron chi connectivity index (χ1n) is 6.34. The third-order valence-electron chi connectivity index (χ3n) is 3.58. The Morgan fingerprint density at radius 2 is 1.95 bits per heavy atom. The first-order valence-corrected chi connectivity index (χ1v) is 6.34. The van der Waals surface area contributed by atoms with Gasteiger partial charge in [0.2, 0.25) is 0 Å². The molecule has 0 radical (unpaired) electrons. The van der Waals surface area contributed by atoms with Crippen LogP contribution in [0.3, 0.4) is 0 Å². The highest BCUT2D eigenvalue weighted by Gasteiger charge is 2.50. The zero-order chi connectivity index (χ0) is 14.2. The maximum atomic E-state index is 12.0. The lowest BCUT2D eigenvalue weighted by molar-refractivity contribution is -0.143. The third-order valence-corrected chi connectivity index (χ3v) is 3.58. The van der Waals surface area contributed by atoms with Gasteiger partial charge in [0.1, 0.15) is 5.69 Å². The predicted octanol–water partition coefficient (Wildman–Crippen LogP) is 1.22. The maximum absolute atomic E-state index is 12.0. The average Bonchev–Trinajstić information content (AvgIpc) is 3.25. The molecule has 1 saturated carbocycles. The number of carbonyl (C=O) groups is 2. The smallest absolute Gasteiger partial charge is 0.311 e. The number of aliphatic carboxylic acids is 1. The number of hydrogen-bond donors (Lipinski definition) is 2. The van der Waals surface area contributed by atoms with Crippen LogP contribution in [0, 0.1) is 5.41 Å². The van der Waals surface area contributed by atoms with Crippen LogP contribution in [0.2, 0.25) is 0 Å². The molecule has 0 unspecified atom stereocenters. The fourth-order valence-corrected chi connectivity index (χ4v) is 2.02. The third kappa shape index (κ3) is 2.20. The van der Waals surface area contributed by atoms with Crippen molar-refractivity contribution >= 4 is 22.9 Å². The molecular formula is C14H13N3O3. The molecule has 1 aromatic carbocycles. The molecule has 20 heavy (non-hydrogen) atoms. The minimum atomic E-state index is -0.859. The van der Waals surface area contributed by atoms with Crippen molar-refractivity contribution in [3.63, 3.8) is 0 Å². The van der Waals surface area contributed by atoms with Gasteiger partial charge < -0.3 is 10.4 Å². The Labute approximate surface area is 114 Å². The van der Waals surface area contributed by atoms with Crippen LogP contribution in [-0.4, -0.2) is 33.5 Å². The molecule has 2 N–H and O–H groups in total. The Morgan fingerprint density at radius 3 is 2.60 bits per heavy atom. The molecule has 2 aromatic rings. The summed E-state index contributed by atoms with van der Waals surface area (Å²) >= 11 is 0. The van der Waals surface area contributed by atoms with Gasteiger partial charge in [0.25, 0.3) is 5.91 Å². The molecule has 3 rings (SSSR count). The van der Waals surface area contributed by atoms with E-state index in [1.807, 2.05) is 18.2 Å². The molecule has 1 aliphatic rings.